The highest BCUT2D eigenvalue weighted by molar-refractivity contribution is 6.80. The van der Waals surface area contributed by atoms with Crippen molar-refractivity contribution in [3.8, 4) is 0 Å². The van der Waals surface area contributed by atoms with E-state index in [0.717, 1.165) is 19.3 Å². The van der Waals surface area contributed by atoms with Crippen LogP contribution in [0, 0.1) is 0 Å². The molecular formula is C16H32O2Si. The first-order valence-electron chi connectivity index (χ1n) is 7.73. The van der Waals surface area contributed by atoms with Crippen LogP contribution in [0.4, 0.5) is 0 Å². The SMILES string of the molecule is C=CCCCCCCCCCC(C(=O)O)[Si](C)(C)C. The first-order chi connectivity index (χ1) is 8.89. The van der Waals surface area contributed by atoms with Gasteiger partial charge in [0.2, 0.25) is 0 Å². The zero-order valence-corrected chi connectivity index (χ0v) is 14.1. The molecule has 0 saturated carbocycles. The second kappa shape index (κ2) is 10.2. The number of hydrogen-bond acceptors (Lipinski definition) is 1. The molecule has 112 valence electrons. The molecule has 1 atom stereocenters. The fourth-order valence-corrected chi connectivity index (χ4v) is 4.26. The Hall–Kier alpha value is -0.573. The highest BCUT2D eigenvalue weighted by atomic mass is 28.3. The summed E-state index contributed by atoms with van der Waals surface area (Å²) in [4.78, 5) is 11.2. The van der Waals surface area contributed by atoms with Crippen LogP contribution in [0.25, 0.3) is 0 Å². The van der Waals surface area contributed by atoms with Crippen LogP contribution >= 0.6 is 0 Å². The number of aliphatic carboxylic acids is 1. The molecule has 1 N–H and O–H groups in total. The van der Waals surface area contributed by atoms with Gasteiger partial charge in [0.15, 0.2) is 0 Å². The first kappa shape index (κ1) is 18.4. The molecule has 0 heterocycles. The van der Waals surface area contributed by atoms with Gasteiger partial charge in [-0.3, -0.25) is 4.79 Å². The maximum Gasteiger partial charge on any atom is 0.303 e. The number of hydrogen-bond donors (Lipinski definition) is 1. The summed E-state index contributed by atoms with van der Waals surface area (Å²) in [7, 11) is -1.55. The molecule has 2 nitrogen and oxygen atoms in total. The van der Waals surface area contributed by atoms with Gasteiger partial charge in [-0.15, -0.1) is 6.58 Å². The van der Waals surface area contributed by atoms with Crippen molar-refractivity contribution in [1.82, 2.24) is 0 Å². The summed E-state index contributed by atoms with van der Waals surface area (Å²) in [6.07, 6.45) is 12.7. The van der Waals surface area contributed by atoms with Crippen LogP contribution in [-0.4, -0.2) is 19.1 Å². The maximum absolute atomic E-state index is 11.2. The van der Waals surface area contributed by atoms with E-state index in [9.17, 15) is 9.90 Å². The second-order valence-corrected chi connectivity index (χ2v) is 12.0. The van der Waals surface area contributed by atoms with E-state index in [2.05, 4.69) is 26.2 Å². The van der Waals surface area contributed by atoms with Gasteiger partial charge in [0.1, 0.15) is 0 Å². The average molecular weight is 285 g/mol. The van der Waals surface area contributed by atoms with Crippen LogP contribution in [0.15, 0.2) is 12.7 Å². The molecule has 0 aromatic heterocycles. The van der Waals surface area contributed by atoms with Gasteiger partial charge in [-0.25, -0.2) is 0 Å². The molecular weight excluding hydrogens is 252 g/mol. The Morgan fingerprint density at radius 1 is 1.05 bits per heavy atom. The molecule has 0 aromatic carbocycles. The third-order valence-electron chi connectivity index (χ3n) is 3.74. The van der Waals surface area contributed by atoms with Crippen molar-refractivity contribution in [3.05, 3.63) is 12.7 Å². The minimum Gasteiger partial charge on any atom is -0.481 e. The van der Waals surface area contributed by atoms with Gasteiger partial charge in [0, 0.05) is 0 Å². The Bertz CT molecular complexity index is 256. The minimum absolute atomic E-state index is 0.0694. The molecule has 1 unspecified atom stereocenters. The number of rotatable bonds is 12. The zero-order chi connectivity index (χ0) is 14.7. The van der Waals surface area contributed by atoms with E-state index in [1.807, 2.05) is 6.08 Å². The van der Waals surface area contributed by atoms with Gasteiger partial charge in [0.05, 0.1) is 13.6 Å². The molecule has 0 fully saturated rings. The van der Waals surface area contributed by atoms with Crippen molar-refractivity contribution in [2.24, 2.45) is 0 Å². The molecule has 0 radical (unpaired) electrons. The van der Waals surface area contributed by atoms with Crippen molar-refractivity contribution in [3.63, 3.8) is 0 Å². The van der Waals surface area contributed by atoms with Crippen LogP contribution < -0.4 is 0 Å². The van der Waals surface area contributed by atoms with Gasteiger partial charge in [-0.05, 0) is 19.3 Å². The molecule has 0 aliphatic heterocycles. The van der Waals surface area contributed by atoms with Gasteiger partial charge in [-0.2, -0.15) is 0 Å². The van der Waals surface area contributed by atoms with Crippen molar-refractivity contribution in [2.75, 3.05) is 0 Å². The Morgan fingerprint density at radius 3 is 1.95 bits per heavy atom. The van der Waals surface area contributed by atoms with E-state index < -0.39 is 14.0 Å². The predicted octanol–water partition coefficient (Wildman–Crippen LogP) is 5.48. The van der Waals surface area contributed by atoms with Crippen molar-refractivity contribution >= 4 is 14.0 Å². The molecule has 0 aliphatic carbocycles. The summed E-state index contributed by atoms with van der Waals surface area (Å²) in [5.74, 6) is -0.580. The molecule has 0 bridgehead atoms. The molecule has 3 heteroatoms. The van der Waals surface area contributed by atoms with E-state index >= 15 is 0 Å². The van der Waals surface area contributed by atoms with E-state index in [0.29, 0.717) is 0 Å². The zero-order valence-electron chi connectivity index (χ0n) is 13.1. The van der Waals surface area contributed by atoms with Crippen LogP contribution in [-0.2, 0) is 4.79 Å². The molecule has 0 rings (SSSR count). The third kappa shape index (κ3) is 9.94. The Kier molecular flexibility index (Phi) is 9.93. The smallest absolute Gasteiger partial charge is 0.303 e. The monoisotopic (exact) mass is 284 g/mol. The third-order valence-corrected chi connectivity index (χ3v) is 6.37. The van der Waals surface area contributed by atoms with Crippen molar-refractivity contribution in [2.45, 2.75) is 83.0 Å². The van der Waals surface area contributed by atoms with Crippen LogP contribution in [0.3, 0.4) is 0 Å². The van der Waals surface area contributed by atoms with E-state index in [-0.39, 0.29) is 5.54 Å². The number of carboxylic acid groups (broad SMARTS) is 1. The molecule has 0 amide bonds. The summed E-state index contributed by atoms with van der Waals surface area (Å²) in [5, 5.41) is 9.26. The number of allylic oxidation sites excluding steroid dienone is 1. The van der Waals surface area contributed by atoms with E-state index in [1.165, 1.54) is 38.5 Å². The summed E-state index contributed by atoms with van der Waals surface area (Å²) in [5.41, 5.74) is -0.0694. The second-order valence-electron chi connectivity index (χ2n) is 6.60. The van der Waals surface area contributed by atoms with Gasteiger partial charge >= 0.3 is 5.97 Å². The molecule has 0 saturated heterocycles. The largest absolute Gasteiger partial charge is 0.481 e. The molecule has 0 aromatic rings. The molecule has 0 aliphatic rings. The highest BCUT2D eigenvalue weighted by Crippen LogP contribution is 2.28. The van der Waals surface area contributed by atoms with Gasteiger partial charge < -0.3 is 5.11 Å². The topological polar surface area (TPSA) is 37.3 Å². The molecule has 19 heavy (non-hydrogen) atoms. The van der Waals surface area contributed by atoms with Crippen molar-refractivity contribution in [1.29, 1.82) is 0 Å². The summed E-state index contributed by atoms with van der Waals surface area (Å²) >= 11 is 0. The summed E-state index contributed by atoms with van der Waals surface area (Å²) < 4.78 is 0. The predicted molar refractivity (Wildman–Crippen MR) is 86.5 cm³/mol. The van der Waals surface area contributed by atoms with Crippen LogP contribution in [0.2, 0.25) is 25.2 Å². The van der Waals surface area contributed by atoms with Crippen LogP contribution in [0.5, 0.6) is 0 Å². The lowest BCUT2D eigenvalue weighted by Gasteiger charge is -2.24. The lowest BCUT2D eigenvalue weighted by molar-refractivity contribution is -0.137. The Balaban J connectivity index is 3.56. The minimum atomic E-state index is -1.55. The quantitative estimate of drug-likeness (QED) is 0.293. The normalized spacial score (nSPS) is 13.2. The Morgan fingerprint density at radius 2 is 1.53 bits per heavy atom. The summed E-state index contributed by atoms with van der Waals surface area (Å²) in [6.45, 7) is 10.2. The fraction of sp³-hybridized carbons (Fsp3) is 0.812. The van der Waals surface area contributed by atoms with Gasteiger partial charge in [0.25, 0.3) is 0 Å². The number of carboxylic acids is 1. The average Bonchev–Trinajstić information content (AvgIpc) is 2.29. The van der Waals surface area contributed by atoms with Crippen molar-refractivity contribution < 1.29 is 9.90 Å². The number of carbonyl (C=O) groups is 1. The maximum atomic E-state index is 11.2. The van der Waals surface area contributed by atoms with Crippen LogP contribution in [0.1, 0.15) is 57.8 Å². The fourth-order valence-electron chi connectivity index (χ4n) is 2.45. The molecule has 0 spiro atoms. The number of unbranched alkanes of at least 4 members (excludes halogenated alkanes) is 7. The van der Waals surface area contributed by atoms with Gasteiger partial charge in [-0.1, -0.05) is 64.2 Å². The lowest BCUT2D eigenvalue weighted by Crippen LogP contribution is -2.33. The standard InChI is InChI=1S/C16H32O2Si/c1-5-6-7-8-9-10-11-12-13-14-15(16(17)18)19(2,3)4/h5,15H,1,6-14H2,2-4H3,(H,17,18). The van der Waals surface area contributed by atoms with E-state index in [1.54, 1.807) is 0 Å². The first-order valence-corrected chi connectivity index (χ1v) is 11.3. The van der Waals surface area contributed by atoms with E-state index in [4.69, 9.17) is 0 Å². The highest BCUT2D eigenvalue weighted by Gasteiger charge is 2.31. The summed E-state index contributed by atoms with van der Waals surface area (Å²) in [6, 6.07) is 0. The Labute approximate surface area is 120 Å². The lowest BCUT2D eigenvalue weighted by atomic mass is 10.1.